The summed E-state index contributed by atoms with van der Waals surface area (Å²) in [7, 11) is 0. The standard InChI is InChI=1S/C19H22N4OS3/c1-3-7-14(8-4-1)21-18-22-23-19(27-18)26-13-15-12-25-17(20-15)11-24-16-9-5-2-6-10-16/h2,5-6,9-10,12,14H,1,3-4,7-8,11,13H2,(H,21,22). The van der Waals surface area contributed by atoms with Crippen LogP contribution in [0.4, 0.5) is 5.13 Å². The fraction of sp³-hybridized carbons (Fsp3) is 0.421. The minimum absolute atomic E-state index is 0.508. The molecule has 0 bridgehead atoms. The maximum Gasteiger partial charge on any atom is 0.206 e. The molecule has 1 aromatic carbocycles. The van der Waals surface area contributed by atoms with Crippen molar-refractivity contribution < 1.29 is 4.74 Å². The molecule has 27 heavy (non-hydrogen) atoms. The number of hydrogen-bond acceptors (Lipinski definition) is 8. The van der Waals surface area contributed by atoms with E-state index in [1.807, 2.05) is 30.3 Å². The van der Waals surface area contributed by atoms with Crippen molar-refractivity contribution in [2.45, 2.75) is 54.8 Å². The Morgan fingerprint density at radius 2 is 1.96 bits per heavy atom. The van der Waals surface area contributed by atoms with Crippen molar-refractivity contribution in [1.82, 2.24) is 15.2 Å². The molecule has 0 amide bonds. The molecule has 0 spiro atoms. The SMILES string of the molecule is c1ccc(OCc2nc(CSc3nnc(NC4CCCCC4)s3)cs2)cc1. The quantitative estimate of drug-likeness (QED) is 0.480. The van der Waals surface area contributed by atoms with Crippen LogP contribution in [0.25, 0.3) is 0 Å². The Kier molecular flexibility index (Phi) is 6.60. The second-order valence-corrected chi connectivity index (χ2v) is 9.62. The van der Waals surface area contributed by atoms with Gasteiger partial charge in [0.2, 0.25) is 5.13 Å². The Bertz CT molecular complexity index is 830. The van der Waals surface area contributed by atoms with Gasteiger partial charge in [0.25, 0.3) is 0 Å². The zero-order valence-corrected chi connectivity index (χ0v) is 17.4. The molecule has 3 aromatic rings. The van der Waals surface area contributed by atoms with Crippen LogP contribution in [-0.4, -0.2) is 21.2 Å². The lowest BCUT2D eigenvalue weighted by Crippen LogP contribution is -2.21. The Hall–Kier alpha value is -1.64. The summed E-state index contributed by atoms with van der Waals surface area (Å²) in [5.74, 6) is 1.68. The summed E-state index contributed by atoms with van der Waals surface area (Å²) in [4.78, 5) is 4.65. The number of ether oxygens (including phenoxy) is 1. The number of thiazole rings is 1. The molecule has 0 radical (unpaired) electrons. The summed E-state index contributed by atoms with van der Waals surface area (Å²) in [6, 6.07) is 10.4. The van der Waals surface area contributed by atoms with Gasteiger partial charge in [0.15, 0.2) is 4.34 Å². The molecule has 1 aliphatic rings. The average molecular weight is 419 g/mol. The van der Waals surface area contributed by atoms with Gasteiger partial charge in [0, 0.05) is 17.2 Å². The lowest BCUT2D eigenvalue weighted by molar-refractivity contribution is 0.305. The van der Waals surface area contributed by atoms with E-state index in [4.69, 9.17) is 4.74 Å². The summed E-state index contributed by atoms with van der Waals surface area (Å²) in [6.45, 7) is 0.508. The van der Waals surface area contributed by atoms with Gasteiger partial charge in [-0.1, -0.05) is 60.6 Å². The van der Waals surface area contributed by atoms with Gasteiger partial charge in [-0.15, -0.1) is 21.5 Å². The van der Waals surface area contributed by atoms with Crippen LogP contribution in [-0.2, 0) is 12.4 Å². The van der Waals surface area contributed by atoms with E-state index in [-0.39, 0.29) is 0 Å². The molecule has 0 aliphatic heterocycles. The fourth-order valence-electron chi connectivity index (χ4n) is 3.03. The number of benzene rings is 1. The predicted octanol–water partition coefficient (Wildman–Crippen LogP) is 5.61. The first kappa shape index (κ1) is 18.7. The molecule has 2 heterocycles. The number of nitrogens with zero attached hydrogens (tertiary/aromatic N) is 3. The number of para-hydroxylation sites is 1. The summed E-state index contributed by atoms with van der Waals surface area (Å²) < 4.78 is 6.75. The molecule has 1 saturated carbocycles. The summed E-state index contributed by atoms with van der Waals surface area (Å²) in [5, 5.41) is 16.2. The molecule has 4 rings (SSSR count). The first-order valence-electron chi connectivity index (χ1n) is 9.19. The monoisotopic (exact) mass is 418 g/mol. The van der Waals surface area contributed by atoms with E-state index < -0.39 is 0 Å². The Balaban J connectivity index is 1.24. The molecule has 1 fully saturated rings. The van der Waals surface area contributed by atoms with Crippen LogP contribution in [0.5, 0.6) is 5.75 Å². The van der Waals surface area contributed by atoms with Gasteiger partial charge >= 0.3 is 0 Å². The topological polar surface area (TPSA) is 59.9 Å². The summed E-state index contributed by atoms with van der Waals surface area (Å²) in [6.07, 6.45) is 6.49. The first-order valence-corrected chi connectivity index (χ1v) is 11.9. The lowest BCUT2D eigenvalue weighted by Gasteiger charge is -2.21. The third-order valence-corrected chi connectivity index (χ3v) is 7.28. The van der Waals surface area contributed by atoms with Crippen molar-refractivity contribution in [2.75, 3.05) is 5.32 Å². The smallest absolute Gasteiger partial charge is 0.206 e. The molecule has 5 nitrogen and oxygen atoms in total. The van der Waals surface area contributed by atoms with Gasteiger partial charge < -0.3 is 10.1 Å². The Labute approximate surface area is 171 Å². The number of anilines is 1. The molecule has 1 N–H and O–H groups in total. The van der Waals surface area contributed by atoms with Crippen LogP contribution < -0.4 is 10.1 Å². The highest BCUT2D eigenvalue weighted by Gasteiger charge is 2.15. The van der Waals surface area contributed by atoms with Crippen molar-refractivity contribution in [3.63, 3.8) is 0 Å². The second-order valence-electron chi connectivity index (χ2n) is 6.48. The van der Waals surface area contributed by atoms with Gasteiger partial charge in [0.1, 0.15) is 17.4 Å². The van der Waals surface area contributed by atoms with Crippen LogP contribution in [0.2, 0.25) is 0 Å². The number of rotatable bonds is 8. The molecule has 0 atom stereocenters. The summed E-state index contributed by atoms with van der Waals surface area (Å²) in [5.41, 5.74) is 1.06. The molecule has 0 unspecified atom stereocenters. The zero-order valence-electron chi connectivity index (χ0n) is 15.0. The van der Waals surface area contributed by atoms with Gasteiger partial charge in [-0.3, -0.25) is 0 Å². The summed E-state index contributed by atoms with van der Waals surface area (Å²) >= 11 is 4.97. The van der Waals surface area contributed by atoms with Gasteiger partial charge in [-0.2, -0.15) is 0 Å². The third kappa shape index (κ3) is 5.67. The van der Waals surface area contributed by atoms with E-state index in [0.717, 1.165) is 31.7 Å². The van der Waals surface area contributed by atoms with E-state index in [1.54, 1.807) is 34.4 Å². The molecule has 1 aliphatic carbocycles. The fourth-order valence-corrected chi connectivity index (χ4v) is 5.56. The largest absolute Gasteiger partial charge is 0.486 e. The Morgan fingerprint density at radius 1 is 1.11 bits per heavy atom. The molecular formula is C19H22N4OS3. The van der Waals surface area contributed by atoms with E-state index in [2.05, 4.69) is 25.9 Å². The lowest BCUT2D eigenvalue weighted by atomic mass is 9.96. The second kappa shape index (κ2) is 9.52. The van der Waals surface area contributed by atoms with Crippen LogP contribution >= 0.6 is 34.4 Å². The van der Waals surface area contributed by atoms with Gasteiger partial charge in [-0.25, -0.2) is 4.98 Å². The number of hydrogen-bond donors (Lipinski definition) is 1. The Morgan fingerprint density at radius 3 is 2.81 bits per heavy atom. The minimum atomic E-state index is 0.508. The molecular weight excluding hydrogens is 396 g/mol. The zero-order chi connectivity index (χ0) is 18.3. The van der Waals surface area contributed by atoms with Crippen molar-refractivity contribution in [3.8, 4) is 5.75 Å². The van der Waals surface area contributed by atoms with E-state index >= 15 is 0 Å². The third-order valence-electron chi connectivity index (χ3n) is 4.39. The van der Waals surface area contributed by atoms with Crippen LogP contribution in [0, 0.1) is 0 Å². The van der Waals surface area contributed by atoms with Crippen LogP contribution in [0.15, 0.2) is 40.1 Å². The number of thioether (sulfide) groups is 1. The maximum absolute atomic E-state index is 5.76. The van der Waals surface area contributed by atoms with E-state index in [0.29, 0.717) is 12.6 Å². The number of nitrogens with one attached hydrogen (secondary N) is 1. The van der Waals surface area contributed by atoms with Crippen LogP contribution in [0.1, 0.15) is 42.8 Å². The maximum atomic E-state index is 5.76. The molecule has 142 valence electrons. The number of aromatic nitrogens is 3. The average Bonchev–Trinajstić information content (AvgIpc) is 3.36. The van der Waals surface area contributed by atoms with Crippen molar-refractivity contribution in [3.05, 3.63) is 46.4 Å². The predicted molar refractivity (Wildman–Crippen MR) is 113 cm³/mol. The highest BCUT2D eigenvalue weighted by atomic mass is 32.2. The van der Waals surface area contributed by atoms with Gasteiger partial charge in [-0.05, 0) is 25.0 Å². The molecule has 0 saturated heterocycles. The van der Waals surface area contributed by atoms with Crippen molar-refractivity contribution in [2.24, 2.45) is 0 Å². The molecule has 8 heteroatoms. The van der Waals surface area contributed by atoms with Crippen LogP contribution in [0.3, 0.4) is 0 Å². The first-order chi connectivity index (χ1) is 13.3. The van der Waals surface area contributed by atoms with Crippen molar-refractivity contribution >= 4 is 39.6 Å². The van der Waals surface area contributed by atoms with Gasteiger partial charge in [0.05, 0.1) is 5.69 Å². The highest BCUT2D eigenvalue weighted by Crippen LogP contribution is 2.30. The molecule has 2 aromatic heterocycles. The minimum Gasteiger partial charge on any atom is -0.486 e. The highest BCUT2D eigenvalue weighted by molar-refractivity contribution is 8.00. The van der Waals surface area contributed by atoms with E-state index in [1.165, 1.54) is 32.1 Å². The van der Waals surface area contributed by atoms with E-state index in [9.17, 15) is 0 Å². The normalized spacial score (nSPS) is 15.0. The van der Waals surface area contributed by atoms with Crippen molar-refractivity contribution in [1.29, 1.82) is 0 Å².